The molecular formula is C61H100FN7O13. The number of hydrogen-bond acceptors (Lipinski definition) is 19. The number of halogens is 1. The van der Waals surface area contributed by atoms with Crippen LogP contribution in [0, 0.1) is 17.8 Å². The minimum Gasteiger partial charge on any atom is -0.478 e. The molecule has 82 heavy (non-hydrogen) atoms. The Morgan fingerprint density at radius 3 is 2.21 bits per heavy atom. The van der Waals surface area contributed by atoms with Crippen LogP contribution in [0.25, 0.3) is 11.1 Å². The van der Waals surface area contributed by atoms with Crippen molar-refractivity contribution in [3.63, 3.8) is 0 Å². The van der Waals surface area contributed by atoms with Crippen molar-refractivity contribution in [1.82, 2.24) is 34.7 Å². The summed E-state index contributed by atoms with van der Waals surface area (Å²) in [5, 5.41) is 56.6. The Morgan fingerprint density at radius 1 is 0.890 bits per heavy atom. The number of nitrogens with zero attached hydrogens (tertiary/aromatic N) is 7. The number of likely N-dealkylation sites (N-methyl/N-ethyl adjacent to an activating group) is 2. The monoisotopic (exact) mass is 1160 g/mol. The molecule has 5 heterocycles. The molecule has 3 fully saturated rings. The smallest absolute Gasteiger partial charge is 0.311 e. The van der Waals surface area contributed by atoms with Crippen molar-refractivity contribution >= 4 is 5.97 Å². The Morgan fingerprint density at radius 2 is 1.59 bits per heavy atom. The van der Waals surface area contributed by atoms with Gasteiger partial charge in [0.2, 0.25) is 5.88 Å². The van der Waals surface area contributed by atoms with E-state index in [0.717, 1.165) is 29.7 Å². The largest absolute Gasteiger partial charge is 0.478 e. The van der Waals surface area contributed by atoms with Gasteiger partial charge in [0.25, 0.3) is 0 Å². The van der Waals surface area contributed by atoms with Gasteiger partial charge in [-0.05, 0) is 125 Å². The van der Waals surface area contributed by atoms with Gasteiger partial charge in [-0.1, -0.05) is 50.3 Å². The Hall–Kier alpha value is -3.81. The van der Waals surface area contributed by atoms with E-state index in [-0.39, 0.29) is 37.3 Å². The van der Waals surface area contributed by atoms with E-state index in [9.17, 15) is 25.2 Å². The zero-order valence-corrected chi connectivity index (χ0v) is 51.8. The molecule has 0 radical (unpaired) electrons. The van der Waals surface area contributed by atoms with Crippen LogP contribution in [-0.4, -0.2) is 221 Å². The first-order chi connectivity index (χ1) is 38.7. The second kappa shape index (κ2) is 29.5. The molecule has 4 N–H and O–H groups in total. The lowest BCUT2D eigenvalue weighted by molar-refractivity contribution is -0.308. The van der Waals surface area contributed by atoms with Gasteiger partial charge in [-0.15, -0.1) is 5.10 Å². The summed E-state index contributed by atoms with van der Waals surface area (Å²) in [7, 11) is 11.0. The summed E-state index contributed by atoms with van der Waals surface area (Å²) in [6.07, 6.45) is -2.00. The van der Waals surface area contributed by atoms with E-state index in [1.807, 2.05) is 97.2 Å². The lowest BCUT2D eigenvalue weighted by Gasteiger charge is -2.48. The van der Waals surface area contributed by atoms with Crippen molar-refractivity contribution in [2.45, 2.75) is 211 Å². The highest BCUT2D eigenvalue weighted by Crippen LogP contribution is 2.41. The zero-order valence-electron chi connectivity index (χ0n) is 51.8. The number of carbonyl (C=O) groups excluding carboxylic acids is 1. The first-order valence-corrected chi connectivity index (χ1v) is 29.6. The fourth-order valence-electron chi connectivity index (χ4n) is 12.5. The molecule has 0 spiro atoms. The number of aliphatic hydroxyl groups excluding tert-OH is 2. The number of esters is 1. The van der Waals surface area contributed by atoms with Crippen LogP contribution >= 0.6 is 0 Å². The van der Waals surface area contributed by atoms with E-state index < -0.39 is 109 Å². The summed E-state index contributed by atoms with van der Waals surface area (Å²) in [5.74, 6) is -2.01. The van der Waals surface area contributed by atoms with Crippen LogP contribution < -0.4 is 4.74 Å². The van der Waals surface area contributed by atoms with Gasteiger partial charge in [0.1, 0.15) is 42.7 Å². The Labute approximate surface area is 487 Å². The van der Waals surface area contributed by atoms with E-state index in [0.29, 0.717) is 50.5 Å². The van der Waals surface area contributed by atoms with Gasteiger partial charge < -0.3 is 73.0 Å². The molecule has 464 valence electrons. The van der Waals surface area contributed by atoms with Gasteiger partial charge >= 0.3 is 5.97 Å². The number of hydrogen-bond donors (Lipinski definition) is 4. The molecule has 3 saturated heterocycles. The highest BCUT2D eigenvalue weighted by molar-refractivity contribution is 5.73. The molecule has 19 atom stereocenters. The van der Waals surface area contributed by atoms with Gasteiger partial charge in [-0.2, -0.15) is 0 Å². The van der Waals surface area contributed by atoms with Gasteiger partial charge in [0.05, 0.1) is 53.8 Å². The van der Waals surface area contributed by atoms with Gasteiger partial charge in [0.15, 0.2) is 12.6 Å². The predicted octanol–water partition coefficient (Wildman–Crippen LogP) is 6.43. The molecule has 20 nitrogen and oxygen atoms in total. The molecule has 3 aromatic rings. The van der Waals surface area contributed by atoms with Gasteiger partial charge in [-0.3, -0.25) is 4.79 Å². The molecule has 0 aliphatic carbocycles. The van der Waals surface area contributed by atoms with Crippen LogP contribution in [0.1, 0.15) is 131 Å². The van der Waals surface area contributed by atoms with Crippen LogP contribution in [-0.2, 0) is 44.4 Å². The van der Waals surface area contributed by atoms with Crippen LogP contribution in [0.4, 0.5) is 4.39 Å². The van der Waals surface area contributed by atoms with E-state index in [1.54, 1.807) is 58.8 Å². The maximum Gasteiger partial charge on any atom is 0.311 e. The fraction of sp³-hybridized carbons (Fsp3) is 0.770. The lowest BCUT2D eigenvalue weighted by atomic mass is 9.77. The number of cyclic esters (lactones) is 1. The highest BCUT2D eigenvalue weighted by Gasteiger charge is 2.52. The molecule has 0 amide bonds. The number of benzene rings is 1. The molecule has 6 rings (SSSR count). The zero-order chi connectivity index (χ0) is 60.4. The number of methoxy groups -OCH3 is 2. The maximum absolute atomic E-state index is 15.1. The minimum absolute atomic E-state index is 0.0265. The van der Waals surface area contributed by atoms with Crippen molar-refractivity contribution in [3.8, 4) is 17.0 Å². The topological polar surface area (TPSA) is 225 Å². The third-order valence-corrected chi connectivity index (χ3v) is 17.7. The van der Waals surface area contributed by atoms with Gasteiger partial charge in [0, 0.05) is 95.1 Å². The van der Waals surface area contributed by atoms with Crippen molar-refractivity contribution in [2.24, 2.45) is 17.8 Å². The highest BCUT2D eigenvalue weighted by atomic mass is 19.1. The first kappa shape index (κ1) is 67.3. The standard InChI is InChI=1S/C61H100FN7O13/c1-17-49-61(10,74)55(70)41(6)68(14)35-37(2)31-59(8,73)57(39(4)53(40(5)58(72)80-49)81-52-32-60(9,76-16)56(71)42(7)79-52)82-51-30-47(29-38(3)78-51)67(13)27-25-46-36-69(65-64-46)48(33-62)54(75-15)44-21-19-43(20-22-44)45-23-24-50(63-34-45)77-28-18-26-66(11)12/h19-24,34,36-42,47-49,51-57,70-71,73-74H,17-18,25-33,35H2,1-16H3/t37-,38-,39+,40-,41-,42+,47+,48-,49-,51+,52+,53+,54-,55-,56+,57-,59-,60-,61-/m1/s1. The number of aromatic nitrogens is 4. The number of alkyl halides is 1. The molecule has 3 aliphatic heterocycles. The van der Waals surface area contributed by atoms with Crippen LogP contribution in [0.3, 0.4) is 0 Å². The number of aliphatic hydroxyl groups is 4. The molecule has 0 unspecified atom stereocenters. The molecule has 0 bridgehead atoms. The summed E-state index contributed by atoms with van der Waals surface area (Å²) in [5.41, 5.74) is -1.06. The molecule has 0 saturated carbocycles. The average Bonchev–Trinajstić information content (AvgIpc) is 4.06. The summed E-state index contributed by atoms with van der Waals surface area (Å²) >= 11 is 0. The van der Waals surface area contributed by atoms with Crippen molar-refractivity contribution in [2.75, 3.05) is 75.3 Å². The van der Waals surface area contributed by atoms with Crippen LogP contribution in [0.5, 0.6) is 5.88 Å². The number of carbonyl (C=O) groups is 1. The van der Waals surface area contributed by atoms with Crippen LogP contribution in [0.2, 0.25) is 0 Å². The van der Waals surface area contributed by atoms with E-state index in [2.05, 4.69) is 25.1 Å². The molecule has 2 aromatic heterocycles. The Balaban J connectivity index is 1.19. The summed E-state index contributed by atoms with van der Waals surface area (Å²) in [6.45, 7) is 19.7. The molecule has 3 aliphatic rings. The van der Waals surface area contributed by atoms with Crippen molar-refractivity contribution < 1.29 is 67.5 Å². The number of ether oxygens (including phenoxy) is 8. The third-order valence-electron chi connectivity index (χ3n) is 17.7. The SMILES string of the molecule is CC[C@H]1OC(=O)[C@H](C)[C@@H](O[C@H]2C[C@@](C)(OC)[C@@H](O)[C@H](C)O2)[C@H](C)[C@@H](O[C@H]2C[C@@H](N(C)CCc3cn([C@H](CF)[C@H](OC)c4ccc(-c5ccc(OCCCN(C)C)nc5)cc4)nn3)C[C@@H](C)O2)[C@](C)(O)C[C@@H](C)CN(C)[C@H](C)[C@@H](O)[C@]1(C)O. The predicted molar refractivity (Wildman–Crippen MR) is 309 cm³/mol. The molecule has 1 aromatic carbocycles. The van der Waals surface area contributed by atoms with E-state index in [1.165, 1.54) is 14.0 Å². The second-order valence-corrected chi connectivity index (χ2v) is 24.9. The Kier molecular flexibility index (Phi) is 24.2. The van der Waals surface area contributed by atoms with E-state index in [4.69, 9.17) is 37.9 Å². The maximum atomic E-state index is 15.1. The van der Waals surface area contributed by atoms with Gasteiger partial charge in [-0.25, -0.2) is 14.1 Å². The van der Waals surface area contributed by atoms with Crippen molar-refractivity contribution in [3.05, 3.63) is 60.0 Å². The molecule has 21 heteroatoms. The third kappa shape index (κ3) is 16.8. The number of rotatable bonds is 21. The number of pyridine rings is 1. The summed E-state index contributed by atoms with van der Waals surface area (Å²) in [6, 6.07) is 10.3. The van der Waals surface area contributed by atoms with Crippen LogP contribution in [0.15, 0.2) is 48.8 Å². The summed E-state index contributed by atoms with van der Waals surface area (Å²) < 4.78 is 67.2. The second-order valence-electron chi connectivity index (χ2n) is 24.9. The van der Waals surface area contributed by atoms with E-state index >= 15 is 4.39 Å². The Bertz CT molecular complexity index is 2400. The molecular weight excluding hydrogens is 1060 g/mol. The average molecular weight is 1160 g/mol. The quantitative estimate of drug-likeness (QED) is 0.0666. The van der Waals surface area contributed by atoms with Crippen molar-refractivity contribution in [1.29, 1.82) is 0 Å². The lowest BCUT2D eigenvalue weighted by Crippen LogP contribution is -2.59. The summed E-state index contributed by atoms with van der Waals surface area (Å²) in [4.78, 5) is 25.3. The normalized spacial score (nSPS) is 35.7. The fourth-order valence-corrected chi connectivity index (χ4v) is 12.5. The minimum atomic E-state index is -1.83. The first-order valence-electron chi connectivity index (χ1n) is 29.6.